The van der Waals surface area contributed by atoms with Crippen molar-refractivity contribution in [3.63, 3.8) is 0 Å². The summed E-state index contributed by atoms with van der Waals surface area (Å²) in [5.41, 5.74) is 2.06. The van der Waals surface area contributed by atoms with Gasteiger partial charge in [-0.1, -0.05) is 51.8 Å². The standard InChI is InChI=1S/C14H11BrClF/c15-14(11-4-2-6-13(17)9-11)8-10-3-1-5-12(16)7-10/h1-7,9,14H,8H2. The average molecular weight is 314 g/mol. The van der Waals surface area contributed by atoms with Crippen molar-refractivity contribution in [1.82, 2.24) is 0 Å². The van der Waals surface area contributed by atoms with E-state index in [1.807, 2.05) is 30.3 Å². The zero-order chi connectivity index (χ0) is 12.3. The van der Waals surface area contributed by atoms with Crippen molar-refractivity contribution in [2.75, 3.05) is 0 Å². The van der Waals surface area contributed by atoms with Crippen LogP contribution in [0.3, 0.4) is 0 Å². The minimum atomic E-state index is -0.210. The van der Waals surface area contributed by atoms with Crippen LogP contribution in [0.1, 0.15) is 16.0 Å². The molecule has 0 spiro atoms. The largest absolute Gasteiger partial charge is 0.207 e. The maximum atomic E-state index is 13.1. The van der Waals surface area contributed by atoms with E-state index in [1.165, 1.54) is 6.07 Å². The Labute approximate surface area is 114 Å². The summed E-state index contributed by atoms with van der Waals surface area (Å²) in [5, 5.41) is 0.724. The number of hydrogen-bond acceptors (Lipinski definition) is 0. The lowest BCUT2D eigenvalue weighted by Gasteiger charge is -2.10. The minimum absolute atomic E-state index is 0.0941. The topological polar surface area (TPSA) is 0 Å². The summed E-state index contributed by atoms with van der Waals surface area (Å²) >= 11 is 9.50. The number of benzene rings is 2. The fourth-order valence-corrected chi connectivity index (χ4v) is 2.56. The van der Waals surface area contributed by atoms with Gasteiger partial charge < -0.3 is 0 Å². The number of alkyl halides is 1. The van der Waals surface area contributed by atoms with Crippen LogP contribution in [0.25, 0.3) is 0 Å². The lowest BCUT2D eigenvalue weighted by Crippen LogP contribution is -1.95. The molecule has 0 amide bonds. The molecule has 0 aromatic heterocycles. The van der Waals surface area contributed by atoms with Crippen molar-refractivity contribution in [3.05, 3.63) is 70.5 Å². The van der Waals surface area contributed by atoms with E-state index in [4.69, 9.17) is 11.6 Å². The first-order valence-corrected chi connectivity index (χ1v) is 6.58. The van der Waals surface area contributed by atoms with Gasteiger partial charge in [-0.2, -0.15) is 0 Å². The first kappa shape index (κ1) is 12.6. The van der Waals surface area contributed by atoms with E-state index in [0.29, 0.717) is 0 Å². The molecule has 0 radical (unpaired) electrons. The number of halogens is 3. The molecule has 2 aromatic carbocycles. The van der Waals surface area contributed by atoms with Crippen LogP contribution in [-0.2, 0) is 6.42 Å². The Morgan fingerprint density at radius 2 is 1.88 bits per heavy atom. The SMILES string of the molecule is Fc1cccc(C(Br)Cc2cccc(Cl)c2)c1. The Bertz CT molecular complexity index is 513. The summed E-state index contributed by atoms with van der Waals surface area (Å²) in [6, 6.07) is 14.3. The molecule has 0 aliphatic carbocycles. The summed E-state index contributed by atoms with van der Waals surface area (Å²) in [7, 11) is 0. The van der Waals surface area contributed by atoms with Crippen LogP contribution in [0, 0.1) is 5.82 Å². The predicted octanol–water partition coefficient (Wildman–Crippen LogP) is 5.16. The highest BCUT2D eigenvalue weighted by atomic mass is 79.9. The van der Waals surface area contributed by atoms with Crippen molar-refractivity contribution < 1.29 is 4.39 Å². The fraction of sp³-hybridized carbons (Fsp3) is 0.143. The molecule has 2 rings (SSSR count). The van der Waals surface area contributed by atoms with Crippen LogP contribution in [0.15, 0.2) is 48.5 Å². The molecular weight excluding hydrogens is 303 g/mol. The molecule has 0 aliphatic heterocycles. The van der Waals surface area contributed by atoms with Gasteiger partial charge in [0.1, 0.15) is 5.82 Å². The van der Waals surface area contributed by atoms with Crippen molar-refractivity contribution >= 4 is 27.5 Å². The Hall–Kier alpha value is -0.860. The zero-order valence-corrected chi connectivity index (χ0v) is 11.4. The van der Waals surface area contributed by atoms with Crippen molar-refractivity contribution in [2.45, 2.75) is 11.2 Å². The second-order valence-electron chi connectivity index (χ2n) is 3.86. The average Bonchev–Trinajstić information content (AvgIpc) is 2.29. The summed E-state index contributed by atoms with van der Waals surface area (Å²) in [6.07, 6.45) is 0.782. The third-order valence-corrected chi connectivity index (χ3v) is 3.60. The highest BCUT2D eigenvalue weighted by Crippen LogP contribution is 2.28. The van der Waals surface area contributed by atoms with Gasteiger partial charge in [-0.3, -0.25) is 0 Å². The molecular formula is C14H11BrClF. The van der Waals surface area contributed by atoms with Crippen molar-refractivity contribution in [3.8, 4) is 0 Å². The molecule has 0 saturated carbocycles. The van der Waals surface area contributed by atoms with Gasteiger partial charge in [0, 0.05) is 9.85 Å². The van der Waals surface area contributed by atoms with Gasteiger partial charge in [0.15, 0.2) is 0 Å². The molecule has 0 fully saturated rings. The van der Waals surface area contributed by atoms with Crippen LogP contribution in [0.2, 0.25) is 5.02 Å². The normalized spacial score (nSPS) is 12.4. The molecule has 0 saturated heterocycles. The summed E-state index contributed by atoms with van der Waals surface area (Å²) < 4.78 is 13.1. The van der Waals surface area contributed by atoms with Crippen LogP contribution in [-0.4, -0.2) is 0 Å². The molecule has 0 aliphatic rings. The second kappa shape index (κ2) is 5.65. The van der Waals surface area contributed by atoms with E-state index in [-0.39, 0.29) is 10.6 Å². The second-order valence-corrected chi connectivity index (χ2v) is 5.40. The molecule has 0 nitrogen and oxygen atoms in total. The maximum Gasteiger partial charge on any atom is 0.123 e. The summed E-state index contributed by atoms with van der Waals surface area (Å²) in [4.78, 5) is 0.0941. The lowest BCUT2D eigenvalue weighted by molar-refractivity contribution is 0.625. The molecule has 2 aromatic rings. The molecule has 17 heavy (non-hydrogen) atoms. The first-order chi connectivity index (χ1) is 8.15. The molecule has 0 heterocycles. The van der Waals surface area contributed by atoms with E-state index >= 15 is 0 Å². The third-order valence-electron chi connectivity index (χ3n) is 2.51. The smallest absolute Gasteiger partial charge is 0.123 e. The number of hydrogen-bond donors (Lipinski definition) is 0. The van der Waals surface area contributed by atoms with E-state index in [1.54, 1.807) is 12.1 Å². The minimum Gasteiger partial charge on any atom is -0.207 e. The number of rotatable bonds is 3. The van der Waals surface area contributed by atoms with Gasteiger partial charge in [0.05, 0.1) is 0 Å². The fourth-order valence-electron chi connectivity index (χ4n) is 1.69. The predicted molar refractivity (Wildman–Crippen MR) is 73.2 cm³/mol. The first-order valence-electron chi connectivity index (χ1n) is 5.29. The van der Waals surface area contributed by atoms with Gasteiger partial charge >= 0.3 is 0 Å². The summed E-state index contributed by atoms with van der Waals surface area (Å²) in [6.45, 7) is 0. The van der Waals surface area contributed by atoms with Gasteiger partial charge in [-0.25, -0.2) is 4.39 Å². The van der Waals surface area contributed by atoms with Gasteiger partial charge in [-0.15, -0.1) is 0 Å². The Morgan fingerprint density at radius 1 is 1.12 bits per heavy atom. The zero-order valence-electron chi connectivity index (χ0n) is 9.04. The molecule has 0 bridgehead atoms. The molecule has 3 heteroatoms. The molecule has 1 atom stereocenters. The van der Waals surface area contributed by atoms with Gasteiger partial charge in [0.2, 0.25) is 0 Å². The lowest BCUT2D eigenvalue weighted by atomic mass is 10.0. The van der Waals surface area contributed by atoms with E-state index in [9.17, 15) is 4.39 Å². The Kier molecular flexibility index (Phi) is 4.19. The third kappa shape index (κ3) is 3.55. The molecule has 88 valence electrons. The van der Waals surface area contributed by atoms with Crippen molar-refractivity contribution in [2.24, 2.45) is 0 Å². The quantitative estimate of drug-likeness (QED) is 0.687. The van der Waals surface area contributed by atoms with E-state index < -0.39 is 0 Å². The Balaban J connectivity index is 2.14. The van der Waals surface area contributed by atoms with E-state index in [0.717, 1.165) is 22.6 Å². The Morgan fingerprint density at radius 3 is 2.59 bits per heavy atom. The highest BCUT2D eigenvalue weighted by Gasteiger charge is 2.09. The molecule has 0 N–H and O–H groups in total. The van der Waals surface area contributed by atoms with Crippen LogP contribution < -0.4 is 0 Å². The van der Waals surface area contributed by atoms with Crippen LogP contribution in [0.5, 0.6) is 0 Å². The highest BCUT2D eigenvalue weighted by molar-refractivity contribution is 9.09. The summed E-state index contributed by atoms with van der Waals surface area (Å²) in [5.74, 6) is -0.210. The molecule has 1 unspecified atom stereocenters. The van der Waals surface area contributed by atoms with Crippen molar-refractivity contribution in [1.29, 1.82) is 0 Å². The van der Waals surface area contributed by atoms with Crippen LogP contribution >= 0.6 is 27.5 Å². The van der Waals surface area contributed by atoms with E-state index in [2.05, 4.69) is 15.9 Å². The van der Waals surface area contributed by atoms with Gasteiger partial charge in [0.25, 0.3) is 0 Å². The van der Waals surface area contributed by atoms with Crippen LogP contribution in [0.4, 0.5) is 4.39 Å². The van der Waals surface area contributed by atoms with Gasteiger partial charge in [-0.05, 0) is 41.8 Å². The monoisotopic (exact) mass is 312 g/mol. The maximum absolute atomic E-state index is 13.1.